The number of nitrogens with zero attached hydrogens (tertiary/aromatic N) is 1. The van der Waals surface area contributed by atoms with Crippen LogP contribution in [0.4, 0.5) is 40.8 Å². The average Bonchev–Trinajstić information content (AvgIpc) is 2.85. The monoisotopic (exact) mass is 567 g/mol. The second kappa shape index (κ2) is 11.1. The predicted molar refractivity (Wildman–Crippen MR) is 118 cm³/mol. The highest BCUT2D eigenvalue weighted by molar-refractivity contribution is 6.07. The van der Waals surface area contributed by atoms with Crippen molar-refractivity contribution in [2.75, 3.05) is 12.4 Å². The van der Waals surface area contributed by atoms with Gasteiger partial charge in [-0.3, -0.25) is 14.6 Å². The van der Waals surface area contributed by atoms with Crippen molar-refractivity contribution in [3.63, 3.8) is 0 Å². The Kier molecular flexibility index (Phi) is 7.10. The molecule has 1 heterocycles. The van der Waals surface area contributed by atoms with Gasteiger partial charge in [0.2, 0.25) is 11.6 Å². The van der Waals surface area contributed by atoms with Crippen molar-refractivity contribution >= 4 is 17.4 Å². The molecule has 39 heavy (non-hydrogen) atoms. The van der Waals surface area contributed by atoms with Gasteiger partial charge in [-0.05, 0) is 36.4 Å². The molecule has 208 valence electrons. The fourth-order valence-electron chi connectivity index (χ4n) is 3.13. The van der Waals surface area contributed by atoms with Crippen LogP contribution in [0.1, 0.15) is 43.9 Å². The molecule has 1 aromatic heterocycles. The predicted octanol–water partition coefficient (Wildman–Crippen LogP) is 6.92. The number of nitrogens with one attached hydrogen (secondary N) is 1. The first-order valence-electron chi connectivity index (χ1n) is 12.0. The Morgan fingerprint density at radius 3 is 2.26 bits per heavy atom. The fourth-order valence-corrected chi connectivity index (χ4v) is 3.13. The van der Waals surface area contributed by atoms with Gasteiger partial charge in [0.25, 0.3) is 5.91 Å². The van der Waals surface area contributed by atoms with Gasteiger partial charge in [-0.25, -0.2) is 4.39 Å². The second-order valence-electron chi connectivity index (χ2n) is 7.42. The quantitative estimate of drug-likeness (QED) is 0.235. The van der Waals surface area contributed by atoms with E-state index in [2.05, 4.69) is 19.8 Å². The molecule has 1 N–H and O–H groups in total. The summed E-state index contributed by atoms with van der Waals surface area (Å²) >= 11 is 0. The minimum absolute atomic E-state index is 0.00859. The van der Waals surface area contributed by atoms with E-state index in [4.69, 9.17) is 8.85 Å². The SMILES string of the molecule is [2H]C([2H])([2H])Oc1c(Oc2ccc(C(F)(F)F)c(F)c2C(=O)Nc2ccnc(C(=O)CC)c2)ccc(OC(F)(F)F)c1F. The Labute approximate surface area is 218 Å². The molecule has 0 aliphatic carbocycles. The van der Waals surface area contributed by atoms with Crippen LogP contribution < -0.4 is 19.5 Å². The van der Waals surface area contributed by atoms with Gasteiger partial charge in [0.1, 0.15) is 17.0 Å². The summed E-state index contributed by atoms with van der Waals surface area (Å²) in [5.41, 5.74) is -3.71. The van der Waals surface area contributed by atoms with Crippen molar-refractivity contribution in [1.29, 1.82) is 0 Å². The minimum atomic E-state index is -5.43. The highest BCUT2D eigenvalue weighted by Crippen LogP contribution is 2.42. The van der Waals surface area contributed by atoms with Crippen LogP contribution in [-0.2, 0) is 6.18 Å². The van der Waals surface area contributed by atoms with Crippen LogP contribution in [0.2, 0.25) is 0 Å². The first-order chi connectivity index (χ1) is 19.3. The third kappa shape index (κ3) is 6.72. The molecule has 0 atom stereocenters. The zero-order chi connectivity index (χ0) is 31.6. The number of halogens is 8. The number of hydrogen-bond donors (Lipinski definition) is 1. The third-order valence-corrected chi connectivity index (χ3v) is 4.83. The number of aromatic nitrogens is 1. The van der Waals surface area contributed by atoms with E-state index in [-0.39, 0.29) is 23.9 Å². The van der Waals surface area contributed by atoms with E-state index in [1.54, 1.807) is 0 Å². The lowest BCUT2D eigenvalue weighted by Gasteiger charge is -2.18. The van der Waals surface area contributed by atoms with Gasteiger partial charge in [0, 0.05) is 18.3 Å². The standard InChI is InChI=1S/C24H16F8N2O5/c1-3-14(35)13-10-11(8-9-33-13)34-22(36)18-15(5-4-12(19(18)25)23(27,28)29)38-17-7-6-16(39-24(30,31)32)20(26)21(17)37-2/h4-10H,3H2,1-2H3,(H,33,34,36)/i2D3. The molecule has 1 amide bonds. The number of carbonyl (C=O) groups excluding carboxylic acids is 2. The van der Waals surface area contributed by atoms with Crippen molar-refractivity contribution in [3.05, 3.63) is 71.1 Å². The number of alkyl halides is 6. The lowest BCUT2D eigenvalue weighted by atomic mass is 10.1. The Morgan fingerprint density at radius 2 is 1.64 bits per heavy atom. The van der Waals surface area contributed by atoms with E-state index in [1.165, 1.54) is 6.92 Å². The van der Waals surface area contributed by atoms with Gasteiger partial charge in [0.05, 0.1) is 16.7 Å². The molecule has 0 fully saturated rings. The lowest BCUT2D eigenvalue weighted by molar-refractivity contribution is -0.275. The summed E-state index contributed by atoms with van der Waals surface area (Å²) in [7, 11) is -3.50. The number of hydrogen-bond acceptors (Lipinski definition) is 6. The highest BCUT2D eigenvalue weighted by atomic mass is 19.4. The molecule has 0 saturated heterocycles. The van der Waals surface area contributed by atoms with Gasteiger partial charge in [-0.15, -0.1) is 13.2 Å². The molecule has 0 unspecified atom stereocenters. The summed E-state index contributed by atoms with van der Waals surface area (Å²) < 4.78 is 143. The Balaban J connectivity index is 2.15. The number of rotatable bonds is 8. The molecule has 7 nitrogen and oxygen atoms in total. The molecular formula is C24H16F8N2O5. The molecule has 0 bridgehead atoms. The van der Waals surface area contributed by atoms with Crippen LogP contribution in [0.3, 0.4) is 0 Å². The molecule has 3 rings (SSSR count). The lowest BCUT2D eigenvalue weighted by Crippen LogP contribution is -2.19. The van der Waals surface area contributed by atoms with Gasteiger partial charge in [0.15, 0.2) is 23.1 Å². The largest absolute Gasteiger partial charge is 0.573 e. The van der Waals surface area contributed by atoms with E-state index >= 15 is 4.39 Å². The van der Waals surface area contributed by atoms with Crippen LogP contribution in [0.25, 0.3) is 0 Å². The number of methoxy groups -OCH3 is 1. The number of Topliss-reactive ketones (excluding diaryl/α,β-unsaturated/α-hetero) is 1. The summed E-state index contributed by atoms with van der Waals surface area (Å²) in [5, 5.41) is 2.06. The topological polar surface area (TPSA) is 86.8 Å². The average molecular weight is 567 g/mol. The molecule has 0 saturated carbocycles. The van der Waals surface area contributed by atoms with Crippen LogP contribution in [-0.4, -0.2) is 30.1 Å². The number of carbonyl (C=O) groups is 2. The van der Waals surface area contributed by atoms with Crippen LogP contribution in [0.15, 0.2) is 42.6 Å². The summed E-state index contributed by atoms with van der Waals surface area (Å²) in [5.74, 6) is -11.5. The highest BCUT2D eigenvalue weighted by Gasteiger charge is 2.38. The smallest absolute Gasteiger partial charge is 0.490 e. The van der Waals surface area contributed by atoms with E-state index in [9.17, 15) is 40.3 Å². The van der Waals surface area contributed by atoms with E-state index < -0.39 is 77.0 Å². The second-order valence-corrected chi connectivity index (χ2v) is 7.42. The van der Waals surface area contributed by atoms with Gasteiger partial charge in [-0.2, -0.15) is 17.6 Å². The summed E-state index contributed by atoms with van der Waals surface area (Å²) in [6.07, 6.45) is -9.68. The Morgan fingerprint density at radius 1 is 0.974 bits per heavy atom. The summed E-state index contributed by atoms with van der Waals surface area (Å²) in [6, 6.07) is 3.53. The first kappa shape index (κ1) is 24.9. The van der Waals surface area contributed by atoms with E-state index in [1.807, 2.05) is 0 Å². The van der Waals surface area contributed by atoms with Crippen LogP contribution >= 0.6 is 0 Å². The number of ketones is 1. The summed E-state index contributed by atoms with van der Waals surface area (Å²) in [4.78, 5) is 28.7. The fraction of sp³-hybridized carbons (Fsp3) is 0.208. The van der Waals surface area contributed by atoms with Crippen LogP contribution in [0, 0.1) is 11.6 Å². The van der Waals surface area contributed by atoms with Crippen molar-refractivity contribution in [2.45, 2.75) is 25.9 Å². The zero-order valence-corrected chi connectivity index (χ0v) is 19.3. The molecule has 3 aromatic rings. The molecular weight excluding hydrogens is 548 g/mol. The number of amides is 1. The maximum Gasteiger partial charge on any atom is 0.573 e. The van der Waals surface area contributed by atoms with Crippen molar-refractivity contribution in [1.82, 2.24) is 4.98 Å². The molecule has 15 heteroatoms. The molecule has 0 aliphatic heterocycles. The number of ether oxygens (including phenoxy) is 3. The number of anilines is 1. The van der Waals surface area contributed by atoms with Gasteiger partial charge in [-0.1, -0.05) is 6.92 Å². The van der Waals surface area contributed by atoms with Crippen LogP contribution in [0.5, 0.6) is 23.0 Å². The third-order valence-electron chi connectivity index (χ3n) is 4.83. The van der Waals surface area contributed by atoms with Crippen molar-refractivity contribution in [2.24, 2.45) is 0 Å². The summed E-state index contributed by atoms with van der Waals surface area (Å²) in [6.45, 7) is 1.51. The molecule has 2 aromatic carbocycles. The molecule has 0 aliphatic rings. The maximum atomic E-state index is 15.2. The van der Waals surface area contributed by atoms with E-state index in [0.29, 0.717) is 18.2 Å². The van der Waals surface area contributed by atoms with Gasteiger partial charge >= 0.3 is 12.5 Å². The van der Waals surface area contributed by atoms with E-state index in [0.717, 1.165) is 18.3 Å². The first-order valence-corrected chi connectivity index (χ1v) is 10.5. The van der Waals surface area contributed by atoms with Gasteiger partial charge < -0.3 is 19.5 Å². The van der Waals surface area contributed by atoms with Crippen molar-refractivity contribution in [3.8, 4) is 23.0 Å². The number of benzene rings is 2. The van der Waals surface area contributed by atoms with Crippen molar-refractivity contribution < 1.29 is 63.0 Å². The maximum absolute atomic E-state index is 15.2. The Bertz CT molecular complexity index is 1510. The zero-order valence-electron chi connectivity index (χ0n) is 22.3. The molecule has 0 spiro atoms. The molecule has 0 radical (unpaired) electrons. The minimum Gasteiger partial charge on any atom is -0.490 e. The normalized spacial score (nSPS) is 13.1. The number of pyridine rings is 1. The Hall–Kier alpha value is -4.43.